The van der Waals surface area contributed by atoms with Gasteiger partial charge in [0.2, 0.25) is 0 Å². The topological polar surface area (TPSA) is 113 Å². The Kier molecular flexibility index (Phi) is 6.41. The summed E-state index contributed by atoms with van der Waals surface area (Å²) in [7, 11) is 1.56. The van der Waals surface area contributed by atoms with E-state index in [-0.39, 0.29) is 30.3 Å². The Morgan fingerprint density at radius 1 is 1.09 bits per heavy atom. The number of methoxy groups -OCH3 is 1. The molecule has 0 spiro atoms. The van der Waals surface area contributed by atoms with E-state index in [0.717, 1.165) is 18.4 Å². The molecular formula is C24H25N3O6. The highest BCUT2D eigenvalue weighted by Crippen LogP contribution is 2.35. The van der Waals surface area contributed by atoms with Crippen LogP contribution in [0.15, 0.2) is 54.2 Å². The van der Waals surface area contributed by atoms with Gasteiger partial charge < -0.3 is 14.7 Å². The van der Waals surface area contributed by atoms with Gasteiger partial charge >= 0.3 is 0 Å². The molecule has 2 amide bonds. The van der Waals surface area contributed by atoms with Gasteiger partial charge in [-0.1, -0.05) is 12.1 Å². The second kappa shape index (κ2) is 9.41. The van der Waals surface area contributed by atoms with E-state index < -0.39 is 16.7 Å². The van der Waals surface area contributed by atoms with E-state index in [1.165, 1.54) is 29.2 Å². The van der Waals surface area contributed by atoms with Crippen LogP contribution in [0.25, 0.3) is 5.57 Å². The molecule has 0 radical (unpaired) electrons. The third kappa shape index (κ3) is 4.45. The Labute approximate surface area is 191 Å². The van der Waals surface area contributed by atoms with Crippen molar-refractivity contribution in [2.24, 2.45) is 5.92 Å². The fourth-order valence-electron chi connectivity index (χ4n) is 4.34. The zero-order chi connectivity index (χ0) is 23.5. The summed E-state index contributed by atoms with van der Waals surface area (Å²) in [4.78, 5) is 40.6. The molecule has 9 heteroatoms. The van der Waals surface area contributed by atoms with Crippen molar-refractivity contribution in [1.82, 2.24) is 9.80 Å². The Hall–Kier alpha value is -3.72. The molecule has 1 atom stereocenters. The summed E-state index contributed by atoms with van der Waals surface area (Å²) in [6.45, 7) is 1.17. The quantitative estimate of drug-likeness (QED) is 0.391. The predicted octanol–water partition coefficient (Wildman–Crippen LogP) is 2.59. The van der Waals surface area contributed by atoms with E-state index in [4.69, 9.17) is 4.74 Å². The molecule has 4 rings (SSSR count). The van der Waals surface area contributed by atoms with Gasteiger partial charge in [0.05, 0.1) is 24.2 Å². The lowest BCUT2D eigenvalue weighted by molar-refractivity contribution is -0.384. The average molecular weight is 451 g/mol. The van der Waals surface area contributed by atoms with Crippen LogP contribution in [0.2, 0.25) is 0 Å². The molecule has 2 aliphatic heterocycles. The highest BCUT2D eigenvalue weighted by molar-refractivity contribution is 6.35. The van der Waals surface area contributed by atoms with Crippen molar-refractivity contribution in [2.45, 2.75) is 19.4 Å². The molecule has 1 fully saturated rings. The van der Waals surface area contributed by atoms with E-state index in [2.05, 4.69) is 0 Å². The Morgan fingerprint density at radius 3 is 2.39 bits per heavy atom. The molecule has 33 heavy (non-hydrogen) atoms. The molecule has 0 aromatic heterocycles. The van der Waals surface area contributed by atoms with Crippen molar-refractivity contribution in [1.29, 1.82) is 0 Å². The van der Waals surface area contributed by atoms with E-state index >= 15 is 0 Å². The molecule has 2 heterocycles. The number of nitrogens with zero attached hydrogens (tertiary/aromatic N) is 3. The Bertz CT molecular complexity index is 1090. The van der Waals surface area contributed by atoms with Gasteiger partial charge in [-0.3, -0.25) is 24.6 Å². The molecule has 2 aromatic rings. The number of likely N-dealkylation sites (tertiary alicyclic amines) is 1. The number of aliphatic hydroxyl groups excluding tert-OH is 1. The molecule has 2 aromatic carbocycles. The number of rotatable bonds is 7. The minimum absolute atomic E-state index is 0.00828. The number of carbonyl (C=O) groups excluding carboxylic acids is 2. The first-order chi connectivity index (χ1) is 15.9. The number of non-ortho nitro benzene ring substituents is 1. The van der Waals surface area contributed by atoms with Gasteiger partial charge in [0, 0.05) is 31.8 Å². The lowest BCUT2D eigenvalue weighted by Crippen LogP contribution is -2.40. The minimum Gasteiger partial charge on any atom is -0.497 e. The van der Waals surface area contributed by atoms with Gasteiger partial charge in [-0.25, -0.2) is 0 Å². The van der Waals surface area contributed by atoms with E-state index in [1.807, 2.05) is 4.90 Å². The molecule has 1 N–H and O–H groups in total. The molecule has 172 valence electrons. The summed E-state index contributed by atoms with van der Waals surface area (Å²) in [6.07, 6.45) is 1.65. The fourth-order valence-corrected chi connectivity index (χ4v) is 4.34. The van der Waals surface area contributed by atoms with Gasteiger partial charge in [-0.2, -0.15) is 0 Å². The van der Waals surface area contributed by atoms with Gasteiger partial charge in [0.15, 0.2) is 0 Å². The standard InChI is InChI=1S/C24H25N3O6/c1-33-20-10-4-16(5-11-20)14-26-23(29)21(18-6-8-19(9-7-18)27(31)32)22(24(26)30)25-12-2-3-17(13-25)15-28/h4-11,17,28H,2-3,12-15H2,1H3. The second-order valence-corrected chi connectivity index (χ2v) is 8.21. The monoisotopic (exact) mass is 451 g/mol. The predicted molar refractivity (Wildman–Crippen MR) is 120 cm³/mol. The van der Waals surface area contributed by atoms with E-state index in [9.17, 15) is 24.8 Å². The Morgan fingerprint density at radius 2 is 1.79 bits per heavy atom. The summed E-state index contributed by atoms with van der Waals surface area (Å²) in [6, 6.07) is 12.8. The first-order valence-electron chi connectivity index (χ1n) is 10.8. The zero-order valence-electron chi connectivity index (χ0n) is 18.3. The van der Waals surface area contributed by atoms with E-state index in [0.29, 0.717) is 30.1 Å². The van der Waals surface area contributed by atoms with Crippen LogP contribution in [-0.2, 0) is 16.1 Å². The van der Waals surface area contributed by atoms with Crippen molar-refractivity contribution in [3.05, 3.63) is 75.5 Å². The fraction of sp³-hybridized carbons (Fsp3) is 0.333. The van der Waals surface area contributed by atoms with Gasteiger partial charge in [0.25, 0.3) is 17.5 Å². The summed E-state index contributed by atoms with van der Waals surface area (Å²) in [5.74, 6) is -0.150. The summed E-state index contributed by atoms with van der Waals surface area (Å²) < 4.78 is 5.17. The number of aliphatic hydroxyl groups is 1. The van der Waals surface area contributed by atoms with Crippen molar-refractivity contribution in [3.8, 4) is 5.75 Å². The number of amides is 2. The van der Waals surface area contributed by atoms with Gasteiger partial charge in [0.1, 0.15) is 11.4 Å². The maximum atomic E-state index is 13.5. The zero-order valence-corrected chi connectivity index (χ0v) is 18.3. The van der Waals surface area contributed by atoms with Crippen LogP contribution >= 0.6 is 0 Å². The number of benzene rings is 2. The number of piperidine rings is 1. The minimum atomic E-state index is -0.507. The maximum absolute atomic E-state index is 13.5. The Balaban J connectivity index is 1.71. The largest absolute Gasteiger partial charge is 0.497 e. The lowest BCUT2D eigenvalue weighted by atomic mass is 9.97. The second-order valence-electron chi connectivity index (χ2n) is 8.21. The lowest BCUT2D eigenvalue weighted by Gasteiger charge is -2.34. The number of carbonyl (C=O) groups is 2. The van der Waals surface area contributed by atoms with E-state index in [1.54, 1.807) is 31.4 Å². The van der Waals surface area contributed by atoms with Crippen molar-refractivity contribution in [2.75, 3.05) is 26.8 Å². The summed E-state index contributed by atoms with van der Waals surface area (Å²) >= 11 is 0. The van der Waals surface area contributed by atoms with Crippen LogP contribution in [0, 0.1) is 16.0 Å². The third-order valence-electron chi connectivity index (χ3n) is 6.10. The molecule has 1 unspecified atom stereocenters. The maximum Gasteiger partial charge on any atom is 0.278 e. The SMILES string of the molecule is COc1ccc(CN2C(=O)C(c3ccc([N+](=O)[O-])cc3)=C(N3CCCC(CO)C3)C2=O)cc1. The molecule has 1 saturated heterocycles. The number of hydrogen-bond acceptors (Lipinski definition) is 7. The van der Waals surface area contributed by atoms with Gasteiger partial charge in [-0.15, -0.1) is 0 Å². The normalized spacial score (nSPS) is 18.8. The van der Waals surface area contributed by atoms with Crippen LogP contribution in [0.4, 0.5) is 5.69 Å². The molecular weight excluding hydrogens is 426 g/mol. The third-order valence-corrected chi connectivity index (χ3v) is 6.10. The number of ether oxygens (including phenoxy) is 1. The van der Waals surface area contributed by atoms with Gasteiger partial charge in [-0.05, 0) is 54.2 Å². The highest BCUT2D eigenvalue weighted by Gasteiger charge is 2.42. The first kappa shape index (κ1) is 22.5. The number of imide groups is 1. The molecule has 0 bridgehead atoms. The summed E-state index contributed by atoms with van der Waals surface area (Å²) in [5, 5.41) is 20.7. The number of hydrogen-bond donors (Lipinski definition) is 1. The molecule has 2 aliphatic rings. The van der Waals surface area contributed by atoms with Crippen LogP contribution in [0.5, 0.6) is 5.75 Å². The molecule has 9 nitrogen and oxygen atoms in total. The van der Waals surface area contributed by atoms with Crippen molar-refractivity contribution < 1.29 is 24.4 Å². The average Bonchev–Trinajstić information content (AvgIpc) is 3.09. The highest BCUT2D eigenvalue weighted by atomic mass is 16.6. The van der Waals surface area contributed by atoms with Crippen LogP contribution < -0.4 is 4.74 Å². The van der Waals surface area contributed by atoms with Crippen LogP contribution in [-0.4, -0.2) is 58.5 Å². The number of nitro groups is 1. The molecule has 0 aliphatic carbocycles. The first-order valence-corrected chi connectivity index (χ1v) is 10.8. The van der Waals surface area contributed by atoms with Crippen molar-refractivity contribution >= 4 is 23.1 Å². The summed E-state index contributed by atoms with van der Waals surface area (Å²) in [5.41, 5.74) is 1.67. The van der Waals surface area contributed by atoms with Crippen LogP contribution in [0.3, 0.4) is 0 Å². The van der Waals surface area contributed by atoms with Crippen LogP contribution in [0.1, 0.15) is 24.0 Å². The van der Waals surface area contributed by atoms with Crippen molar-refractivity contribution in [3.63, 3.8) is 0 Å². The number of nitro benzene ring substituents is 1. The smallest absolute Gasteiger partial charge is 0.278 e. The molecule has 0 saturated carbocycles.